The number of aliphatic carboxylic acids is 1. The van der Waals surface area contributed by atoms with Gasteiger partial charge < -0.3 is 10.8 Å². The van der Waals surface area contributed by atoms with Crippen molar-refractivity contribution in [3.8, 4) is 0 Å². The number of benzene rings is 1. The molecule has 1 heterocycles. The Morgan fingerprint density at radius 1 is 1.47 bits per heavy atom. The minimum absolute atomic E-state index is 0.00901. The van der Waals surface area contributed by atoms with Gasteiger partial charge in [-0.05, 0) is 37.6 Å². The smallest absolute Gasteiger partial charge is 0.308 e. The highest BCUT2D eigenvalue weighted by molar-refractivity contribution is 5.92. The summed E-state index contributed by atoms with van der Waals surface area (Å²) in [6, 6.07) is 7.18. The molecule has 2 unspecified atom stereocenters. The molecule has 5 nitrogen and oxygen atoms in total. The van der Waals surface area contributed by atoms with Crippen LogP contribution in [0.5, 0.6) is 0 Å². The summed E-state index contributed by atoms with van der Waals surface area (Å²) in [7, 11) is 0. The SMILES string of the molecule is CC1C(C(=O)O)CCN1Cc1cccc(C(N)=O)c1. The molecule has 5 heteroatoms. The summed E-state index contributed by atoms with van der Waals surface area (Å²) in [6.45, 7) is 3.34. The molecule has 2 rings (SSSR count). The highest BCUT2D eigenvalue weighted by atomic mass is 16.4. The number of carboxylic acid groups (broad SMARTS) is 1. The summed E-state index contributed by atoms with van der Waals surface area (Å²) < 4.78 is 0. The predicted octanol–water partition coefficient (Wildman–Crippen LogP) is 1.08. The molecular formula is C14H18N2O3. The van der Waals surface area contributed by atoms with E-state index in [1.54, 1.807) is 18.2 Å². The van der Waals surface area contributed by atoms with E-state index in [4.69, 9.17) is 10.8 Å². The van der Waals surface area contributed by atoms with Crippen LogP contribution in [0.1, 0.15) is 29.3 Å². The Labute approximate surface area is 112 Å². The first-order valence-corrected chi connectivity index (χ1v) is 6.34. The fraction of sp³-hybridized carbons (Fsp3) is 0.429. The molecule has 19 heavy (non-hydrogen) atoms. The Bertz CT molecular complexity index is 501. The van der Waals surface area contributed by atoms with Gasteiger partial charge in [-0.1, -0.05) is 12.1 Å². The molecule has 1 aliphatic heterocycles. The molecule has 1 saturated heterocycles. The number of primary amides is 1. The van der Waals surface area contributed by atoms with Crippen LogP contribution in [0.15, 0.2) is 24.3 Å². The molecule has 0 aromatic heterocycles. The van der Waals surface area contributed by atoms with Crippen molar-refractivity contribution >= 4 is 11.9 Å². The maximum atomic E-state index is 11.1. The van der Waals surface area contributed by atoms with Crippen LogP contribution in [0, 0.1) is 5.92 Å². The summed E-state index contributed by atoms with van der Waals surface area (Å²) in [5, 5.41) is 9.10. The number of rotatable bonds is 4. The van der Waals surface area contributed by atoms with Crippen LogP contribution in [0.25, 0.3) is 0 Å². The minimum Gasteiger partial charge on any atom is -0.481 e. The molecule has 1 aliphatic rings. The molecule has 0 bridgehead atoms. The van der Waals surface area contributed by atoms with Crippen molar-refractivity contribution in [1.82, 2.24) is 4.90 Å². The zero-order valence-electron chi connectivity index (χ0n) is 10.9. The average Bonchev–Trinajstić information content (AvgIpc) is 2.71. The van der Waals surface area contributed by atoms with Crippen LogP contribution in [0.3, 0.4) is 0 Å². The summed E-state index contributed by atoms with van der Waals surface area (Å²) in [6.07, 6.45) is 0.673. The lowest BCUT2D eigenvalue weighted by Gasteiger charge is -2.23. The summed E-state index contributed by atoms with van der Waals surface area (Å²) in [5.41, 5.74) is 6.72. The van der Waals surface area contributed by atoms with E-state index in [9.17, 15) is 9.59 Å². The molecule has 1 aromatic rings. The second-order valence-electron chi connectivity index (χ2n) is 5.01. The normalized spacial score (nSPS) is 23.4. The third kappa shape index (κ3) is 2.93. The lowest BCUT2D eigenvalue weighted by Crippen LogP contribution is -2.32. The Morgan fingerprint density at radius 3 is 2.79 bits per heavy atom. The highest BCUT2D eigenvalue weighted by Gasteiger charge is 2.35. The van der Waals surface area contributed by atoms with Gasteiger partial charge in [-0.15, -0.1) is 0 Å². The largest absolute Gasteiger partial charge is 0.481 e. The quantitative estimate of drug-likeness (QED) is 0.850. The molecule has 0 radical (unpaired) electrons. The number of hydrogen-bond acceptors (Lipinski definition) is 3. The van der Waals surface area contributed by atoms with E-state index < -0.39 is 11.9 Å². The van der Waals surface area contributed by atoms with Gasteiger partial charge in [-0.3, -0.25) is 14.5 Å². The van der Waals surface area contributed by atoms with Gasteiger partial charge >= 0.3 is 5.97 Å². The van der Waals surface area contributed by atoms with Gasteiger partial charge in [0.25, 0.3) is 0 Å². The van der Waals surface area contributed by atoms with Crippen LogP contribution < -0.4 is 5.73 Å². The fourth-order valence-corrected chi connectivity index (χ4v) is 2.61. The van der Waals surface area contributed by atoms with Gasteiger partial charge in [0.15, 0.2) is 0 Å². The minimum atomic E-state index is -0.735. The van der Waals surface area contributed by atoms with Crippen molar-refractivity contribution < 1.29 is 14.7 Å². The van der Waals surface area contributed by atoms with Gasteiger partial charge in [-0.25, -0.2) is 0 Å². The Kier molecular flexibility index (Phi) is 3.85. The molecule has 0 spiro atoms. The Balaban J connectivity index is 2.08. The van der Waals surface area contributed by atoms with E-state index in [0.717, 1.165) is 12.1 Å². The number of amides is 1. The first-order chi connectivity index (χ1) is 8.99. The van der Waals surface area contributed by atoms with E-state index in [1.165, 1.54) is 0 Å². The zero-order valence-corrected chi connectivity index (χ0v) is 10.9. The summed E-state index contributed by atoms with van der Waals surface area (Å²) >= 11 is 0. The second-order valence-corrected chi connectivity index (χ2v) is 5.01. The van der Waals surface area contributed by atoms with Crippen molar-refractivity contribution in [2.24, 2.45) is 11.7 Å². The number of likely N-dealkylation sites (tertiary alicyclic amines) is 1. The average molecular weight is 262 g/mol. The molecule has 3 N–H and O–H groups in total. The third-order valence-electron chi connectivity index (χ3n) is 3.80. The van der Waals surface area contributed by atoms with Gasteiger partial charge in [0.2, 0.25) is 5.91 Å². The molecule has 102 valence electrons. The topological polar surface area (TPSA) is 83.6 Å². The fourth-order valence-electron chi connectivity index (χ4n) is 2.61. The molecule has 1 aromatic carbocycles. The maximum absolute atomic E-state index is 11.1. The van der Waals surface area contributed by atoms with Crippen molar-refractivity contribution in [2.75, 3.05) is 6.54 Å². The number of hydrogen-bond donors (Lipinski definition) is 2. The van der Waals surface area contributed by atoms with Gasteiger partial charge in [0.1, 0.15) is 0 Å². The second kappa shape index (κ2) is 5.40. The maximum Gasteiger partial charge on any atom is 0.308 e. The number of carbonyl (C=O) groups excluding carboxylic acids is 1. The van der Waals surface area contributed by atoms with E-state index in [-0.39, 0.29) is 12.0 Å². The van der Waals surface area contributed by atoms with E-state index in [1.807, 2.05) is 13.0 Å². The lowest BCUT2D eigenvalue weighted by molar-refractivity contribution is -0.142. The number of nitrogens with two attached hydrogens (primary N) is 1. The van der Waals surface area contributed by atoms with E-state index in [0.29, 0.717) is 18.5 Å². The number of nitrogens with zero attached hydrogens (tertiary/aromatic N) is 1. The lowest BCUT2D eigenvalue weighted by atomic mass is 10.0. The molecule has 1 amide bonds. The van der Waals surface area contributed by atoms with Crippen LogP contribution in [0.2, 0.25) is 0 Å². The van der Waals surface area contributed by atoms with Gasteiger partial charge in [0, 0.05) is 18.2 Å². The van der Waals surface area contributed by atoms with Crippen molar-refractivity contribution in [2.45, 2.75) is 25.9 Å². The van der Waals surface area contributed by atoms with Crippen LogP contribution >= 0.6 is 0 Å². The van der Waals surface area contributed by atoms with Crippen molar-refractivity contribution in [3.05, 3.63) is 35.4 Å². The summed E-state index contributed by atoms with van der Waals surface area (Å²) in [5.74, 6) is -1.49. The third-order valence-corrected chi connectivity index (χ3v) is 3.80. The van der Waals surface area contributed by atoms with E-state index in [2.05, 4.69) is 4.90 Å². The van der Waals surface area contributed by atoms with Crippen LogP contribution in [-0.2, 0) is 11.3 Å². The molecule has 1 fully saturated rings. The molecule has 0 saturated carbocycles. The first-order valence-electron chi connectivity index (χ1n) is 6.34. The van der Waals surface area contributed by atoms with Crippen molar-refractivity contribution in [3.63, 3.8) is 0 Å². The highest BCUT2D eigenvalue weighted by Crippen LogP contribution is 2.26. The number of carboxylic acids is 1. The monoisotopic (exact) mass is 262 g/mol. The standard InChI is InChI=1S/C14H18N2O3/c1-9-12(14(18)19)5-6-16(9)8-10-3-2-4-11(7-10)13(15)17/h2-4,7,9,12H,5-6,8H2,1H3,(H2,15,17)(H,18,19). The first kappa shape index (κ1) is 13.5. The van der Waals surface area contributed by atoms with Crippen LogP contribution in [-0.4, -0.2) is 34.5 Å². The molecule has 2 atom stereocenters. The Morgan fingerprint density at radius 2 is 2.21 bits per heavy atom. The van der Waals surface area contributed by atoms with Crippen LogP contribution in [0.4, 0.5) is 0 Å². The van der Waals surface area contributed by atoms with Gasteiger partial charge in [0.05, 0.1) is 5.92 Å². The predicted molar refractivity (Wildman–Crippen MR) is 70.6 cm³/mol. The molecule has 0 aliphatic carbocycles. The Hall–Kier alpha value is -1.88. The zero-order chi connectivity index (χ0) is 14.0. The summed E-state index contributed by atoms with van der Waals surface area (Å²) in [4.78, 5) is 24.3. The van der Waals surface area contributed by atoms with Gasteiger partial charge in [-0.2, -0.15) is 0 Å². The number of carbonyl (C=O) groups is 2. The van der Waals surface area contributed by atoms with E-state index >= 15 is 0 Å². The molecular weight excluding hydrogens is 244 g/mol. The van der Waals surface area contributed by atoms with Crippen molar-refractivity contribution in [1.29, 1.82) is 0 Å².